The number of hydrogen-bond donors (Lipinski definition) is 2. The lowest BCUT2D eigenvalue weighted by Crippen LogP contribution is -2.17. The topological polar surface area (TPSA) is 121 Å². The first-order valence-electron chi connectivity index (χ1n) is 7.20. The van der Waals surface area contributed by atoms with E-state index in [2.05, 4.69) is 10.1 Å². The number of aromatic nitrogens is 3. The molecule has 0 unspecified atom stereocenters. The van der Waals surface area contributed by atoms with Crippen molar-refractivity contribution in [1.29, 1.82) is 5.26 Å². The zero-order valence-electron chi connectivity index (χ0n) is 12.8. The van der Waals surface area contributed by atoms with Crippen LogP contribution in [0, 0.1) is 11.3 Å². The van der Waals surface area contributed by atoms with Gasteiger partial charge in [0.1, 0.15) is 11.8 Å². The number of nitrogens with one attached hydrogen (secondary N) is 1. The zero-order valence-corrected chi connectivity index (χ0v) is 12.8. The van der Waals surface area contributed by atoms with Crippen molar-refractivity contribution < 1.29 is 14.6 Å². The zero-order chi connectivity index (χ0) is 17.8. The number of hydrogen-bond acceptors (Lipinski definition) is 5. The monoisotopic (exact) mass is 336 g/mol. The molecule has 0 aliphatic rings. The summed E-state index contributed by atoms with van der Waals surface area (Å²) in [5.41, 5.74) is 0.820. The van der Waals surface area contributed by atoms with Gasteiger partial charge in [-0.2, -0.15) is 5.26 Å². The number of carboxylic acids is 1. The van der Waals surface area contributed by atoms with Crippen LogP contribution in [0.25, 0.3) is 16.9 Å². The molecule has 3 rings (SSSR count). The van der Waals surface area contributed by atoms with E-state index in [0.29, 0.717) is 16.9 Å². The number of pyridine rings is 1. The molecule has 0 spiro atoms. The van der Waals surface area contributed by atoms with E-state index >= 15 is 0 Å². The maximum absolute atomic E-state index is 12.5. The third kappa shape index (κ3) is 3.25. The highest BCUT2D eigenvalue weighted by molar-refractivity contribution is 5.87. The van der Waals surface area contributed by atoms with Crippen molar-refractivity contribution in [2.24, 2.45) is 0 Å². The predicted molar refractivity (Wildman–Crippen MR) is 87.7 cm³/mol. The summed E-state index contributed by atoms with van der Waals surface area (Å²) in [7, 11) is 0. The highest BCUT2D eigenvalue weighted by atomic mass is 16.5. The number of nitriles is 1. The average molecular weight is 336 g/mol. The van der Waals surface area contributed by atoms with Gasteiger partial charge in [0, 0.05) is 12.4 Å². The average Bonchev–Trinajstić information content (AvgIpc) is 3.02. The number of nitrogens with zero attached hydrogens (tertiary/aromatic N) is 3. The van der Waals surface area contributed by atoms with Crippen LogP contribution in [0.15, 0.2) is 53.6 Å². The van der Waals surface area contributed by atoms with Gasteiger partial charge in [-0.05, 0) is 29.8 Å². The Labute approximate surface area is 141 Å². The first kappa shape index (κ1) is 16.0. The SMILES string of the molecule is N#CCOc1ccc(-c2c[nH]n(-c3ccc(C(=O)O)cn3)c2=O)cc1. The number of aromatic amines is 1. The van der Waals surface area contributed by atoms with Gasteiger partial charge in [0.25, 0.3) is 5.56 Å². The quantitative estimate of drug-likeness (QED) is 0.733. The number of carboxylic acid groups (broad SMARTS) is 1. The van der Waals surface area contributed by atoms with Gasteiger partial charge in [-0.15, -0.1) is 0 Å². The van der Waals surface area contributed by atoms with Crippen molar-refractivity contribution in [2.75, 3.05) is 6.61 Å². The summed E-state index contributed by atoms with van der Waals surface area (Å²) in [6, 6.07) is 11.5. The molecule has 3 aromatic rings. The fourth-order valence-electron chi connectivity index (χ4n) is 2.24. The molecular formula is C17H12N4O4. The molecule has 2 N–H and O–H groups in total. The summed E-state index contributed by atoms with van der Waals surface area (Å²) in [6.07, 6.45) is 2.73. The van der Waals surface area contributed by atoms with Crippen LogP contribution in [0.4, 0.5) is 0 Å². The lowest BCUT2D eigenvalue weighted by molar-refractivity contribution is 0.0696. The standard InChI is InChI=1S/C17H12N4O4/c18-7-8-25-13-4-1-11(2-5-13)14-10-20-21(16(14)22)15-6-3-12(9-19-15)17(23)24/h1-6,9-10,20H,8H2,(H,23,24). The van der Waals surface area contributed by atoms with Crippen molar-refractivity contribution in [3.8, 4) is 28.8 Å². The summed E-state index contributed by atoms with van der Waals surface area (Å²) in [4.78, 5) is 27.4. The second-order valence-electron chi connectivity index (χ2n) is 5.01. The maximum Gasteiger partial charge on any atom is 0.337 e. The lowest BCUT2D eigenvalue weighted by Gasteiger charge is -2.02. The minimum absolute atomic E-state index is 0.0385. The maximum atomic E-state index is 12.5. The molecule has 2 aromatic heterocycles. The van der Waals surface area contributed by atoms with Gasteiger partial charge < -0.3 is 9.84 Å². The van der Waals surface area contributed by atoms with Crippen molar-refractivity contribution in [3.05, 3.63) is 64.7 Å². The Morgan fingerprint density at radius 2 is 2.04 bits per heavy atom. The van der Waals surface area contributed by atoms with Gasteiger partial charge in [-0.3, -0.25) is 9.89 Å². The van der Waals surface area contributed by atoms with Gasteiger partial charge in [-0.25, -0.2) is 14.5 Å². The smallest absolute Gasteiger partial charge is 0.337 e. The van der Waals surface area contributed by atoms with Gasteiger partial charge >= 0.3 is 5.97 Å². The molecule has 25 heavy (non-hydrogen) atoms. The molecule has 0 aliphatic carbocycles. The molecule has 0 aliphatic heterocycles. The van der Waals surface area contributed by atoms with Crippen LogP contribution in [-0.2, 0) is 0 Å². The Morgan fingerprint density at radius 1 is 1.28 bits per heavy atom. The Morgan fingerprint density at radius 3 is 2.64 bits per heavy atom. The minimum atomic E-state index is -1.09. The van der Waals surface area contributed by atoms with E-state index in [0.717, 1.165) is 0 Å². The van der Waals surface area contributed by atoms with Gasteiger partial charge in [-0.1, -0.05) is 12.1 Å². The summed E-state index contributed by atoms with van der Waals surface area (Å²) in [5, 5.41) is 20.2. The molecular weight excluding hydrogens is 324 g/mol. The molecule has 0 amide bonds. The Hall–Kier alpha value is -3.86. The molecule has 124 valence electrons. The van der Waals surface area contributed by atoms with E-state index in [1.165, 1.54) is 23.0 Å². The molecule has 0 atom stereocenters. The number of rotatable bonds is 5. The summed E-state index contributed by atoms with van der Waals surface area (Å²) < 4.78 is 6.39. The third-order valence-corrected chi connectivity index (χ3v) is 3.46. The molecule has 0 bridgehead atoms. The third-order valence-electron chi connectivity index (χ3n) is 3.46. The van der Waals surface area contributed by atoms with Crippen LogP contribution in [0.2, 0.25) is 0 Å². The van der Waals surface area contributed by atoms with Gasteiger partial charge in [0.2, 0.25) is 0 Å². The fourth-order valence-corrected chi connectivity index (χ4v) is 2.24. The molecule has 0 saturated heterocycles. The highest BCUT2D eigenvalue weighted by Crippen LogP contribution is 2.20. The number of benzene rings is 1. The molecule has 0 radical (unpaired) electrons. The van der Waals surface area contributed by atoms with Crippen LogP contribution in [0.1, 0.15) is 10.4 Å². The largest absolute Gasteiger partial charge is 0.479 e. The van der Waals surface area contributed by atoms with E-state index in [9.17, 15) is 9.59 Å². The molecule has 0 saturated carbocycles. The van der Waals surface area contributed by atoms with E-state index in [-0.39, 0.29) is 23.5 Å². The molecule has 2 heterocycles. The summed E-state index contributed by atoms with van der Waals surface area (Å²) in [5.74, 6) is -0.264. The number of carbonyl (C=O) groups is 1. The summed E-state index contributed by atoms with van der Waals surface area (Å²) >= 11 is 0. The lowest BCUT2D eigenvalue weighted by atomic mass is 10.1. The molecule has 1 aromatic carbocycles. The highest BCUT2D eigenvalue weighted by Gasteiger charge is 2.12. The fraction of sp³-hybridized carbons (Fsp3) is 0.0588. The number of ether oxygens (including phenoxy) is 1. The van der Waals surface area contributed by atoms with Gasteiger partial charge in [0.15, 0.2) is 12.4 Å². The van der Waals surface area contributed by atoms with Crippen LogP contribution in [0.5, 0.6) is 5.75 Å². The van der Waals surface area contributed by atoms with E-state index in [1.54, 1.807) is 30.5 Å². The van der Waals surface area contributed by atoms with Crippen LogP contribution in [-0.4, -0.2) is 32.4 Å². The van der Waals surface area contributed by atoms with Crippen molar-refractivity contribution >= 4 is 5.97 Å². The number of aromatic carboxylic acids is 1. The Balaban J connectivity index is 1.89. The van der Waals surface area contributed by atoms with Crippen molar-refractivity contribution in [2.45, 2.75) is 0 Å². The molecule has 0 fully saturated rings. The second-order valence-corrected chi connectivity index (χ2v) is 5.01. The predicted octanol–water partition coefficient (Wildman–Crippen LogP) is 1.83. The molecule has 8 heteroatoms. The van der Waals surface area contributed by atoms with E-state index in [4.69, 9.17) is 15.1 Å². The normalized spacial score (nSPS) is 10.2. The first-order valence-corrected chi connectivity index (χ1v) is 7.20. The second kappa shape index (κ2) is 6.72. The number of H-pyrrole nitrogens is 1. The van der Waals surface area contributed by atoms with Crippen LogP contribution in [0.3, 0.4) is 0 Å². The van der Waals surface area contributed by atoms with Crippen molar-refractivity contribution in [1.82, 2.24) is 14.8 Å². The van der Waals surface area contributed by atoms with E-state index < -0.39 is 5.97 Å². The molecule has 8 nitrogen and oxygen atoms in total. The van der Waals surface area contributed by atoms with Crippen LogP contribution >= 0.6 is 0 Å². The Bertz CT molecular complexity index is 995. The van der Waals surface area contributed by atoms with Crippen LogP contribution < -0.4 is 10.3 Å². The van der Waals surface area contributed by atoms with Gasteiger partial charge in [0.05, 0.1) is 11.1 Å². The summed E-state index contributed by atoms with van der Waals surface area (Å²) in [6.45, 7) is -0.0473. The minimum Gasteiger partial charge on any atom is -0.479 e. The first-order chi connectivity index (χ1) is 12.1. The Kier molecular flexibility index (Phi) is 4.30. The van der Waals surface area contributed by atoms with E-state index in [1.807, 2.05) is 6.07 Å². The van der Waals surface area contributed by atoms with Crippen molar-refractivity contribution in [3.63, 3.8) is 0 Å².